The standard InChI is InChI=1S/C14H10O2S2/c15-11(13-7-3-9-17-13)5-1-2-6-12(16)14-8-4-10-18-14/h1-10H/b5-1+,6-2+. The summed E-state index contributed by atoms with van der Waals surface area (Å²) in [7, 11) is 0. The molecule has 0 radical (unpaired) electrons. The molecule has 0 unspecified atom stereocenters. The molecule has 90 valence electrons. The molecule has 0 bridgehead atoms. The molecule has 0 aliphatic carbocycles. The Morgan fingerprint density at radius 1 is 0.833 bits per heavy atom. The third-order valence-electron chi connectivity index (χ3n) is 2.13. The summed E-state index contributed by atoms with van der Waals surface area (Å²) in [6.45, 7) is 0. The number of carbonyl (C=O) groups is 2. The van der Waals surface area contributed by atoms with Crippen LogP contribution >= 0.6 is 22.7 Å². The number of hydrogen-bond donors (Lipinski definition) is 0. The minimum Gasteiger partial charge on any atom is -0.288 e. The molecule has 0 saturated heterocycles. The van der Waals surface area contributed by atoms with Crippen LogP contribution in [0.4, 0.5) is 0 Å². The first-order valence-electron chi connectivity index (χ1n) is 5.28. The summed E-state index contributed by atoms with van der Waals surface area (Å²) >= 11 is 2.81. The normalized spacial score (nSPS) is 11.3. The third kappa shape index (κ3) is 3.35. The van der Waals surface area contributed by atoms with Gasteiger partial charge in [-0.05, 0) is 35.0 Å². The Labute approximate surface area is 113 Å². The van der Waals surface area contributed by atoms with Crippen molar-refractivity contribution in [3.63, 3.8) is 0 Å². The van der Waals surface area contributed by atoms with Crippen LogP contribution in [0.15, 0.2) is 59.3 Å². The van der Waals surface area contributed by atoms with E-state index in [-0.39, 0.29) is 11.6 Å². The van der Waals surface area contributed by atoms with Crippen molar-refractivity contribution < 1.29 is 9.59 Å². The molecular formula is C14H10O2S2. The van der Waals surface area contributed by atoms with Crippen LogP contribution in [0.3, 0.4) is 0 Å². The molecule has 2 aromatic heterocycles. The zero-order valence-corrected chi connectivity index (χ0v) is 11.0. The summed E-state index contributed by atoms with van der Waals surface area (Å²) in [6.07, 6.45) is 6.11. The van der Waals surface area contributed by atoms with Crippen LogP contribution in [-0.4, -0.2) is 11.6 Å². The molecule has 0 N–H and O–H groups in total. The van der Waals surface area contributed by atoms with Crippen molar-refractivity contribution in [1.29, 1.82) is 0 Å². The molecule has 2 heterocycles. The maximum Gasteiger partial charge on any atom is 0.195 e. The average Bonchev–Trinajstić information content (AvgIpc) is 3.05. The Bertz CT molecular complexity index is 521. The van der Waals surface area contributed by atoms with Crippen LogP contribution in [0.1, 0.15) is 19.3 Å². The molecule has 0 aromatic carbocycles. The van der Waals surface area contributed by atoms with E-state index in [1.54, 1.807) is 24.3 Å². The Balaban J connectivity index is 1.92. The van der Waals surface area contributed by atoms with Gasteiger partial charge in [-0.15, -0.1) is 22.7 Å². The second kappa shape index (κ2) is 6.23. The van der Waals surface area contributed by atoms with Crippen LogP contribution < -0.4 is 0 Å². The number of ketones is 2. The van der Waals surface area contributed by atoms with Gasteiger partial charge in [0.25, 0.3) is 0 Å². The van der Waals surface area contributed by atoms with E-state index in [0.29, 0.717) is 9.75 Å². The lowest BCUT2D eigenvalue weighted by Gasteiger charge is -1.87. The smallest absolute Gasteiger partial charge is 0.195 e. The van der Waals surface area contributed by atoms with E-state index < -0.39 is 0 Å². The molecule has 0 amide bonds. The molecule has 0 spiro atoms. The number of hydrogen-bond acceptors (Lipinski definition) is 4. The Hall–Kier alpha value is -1.78. The SMILES string of the molecule is O=C(/C=C/C=C/C(=O)c1cccs1)c1cccs1. The average molecular weight is 274 g/mol. The first kappa shape index (κ1) is 12.7. The van der Waals surface area contributed by atoms with E-state index in [1.807, 2.05) is 22.9 Å². The fraction of sp³-hybridized carbons (Fsp3) is 0. The monoisotopic (exact) mass is 274 g/mol. The Morgan fingerprint density at radius 2 is 1.28 bits per heavy atom. The number of rotatable bonds is 5. The molecule has 0 aliphatic heterocycles. The van der Waals surface area contributed by atoms with Gasteiger partial charge in [0.2, 0.25) is 0 Å². The maximum absolute atomic E-state index is 11.6. The first-order valence-corrected chi connectivity index (χ1v) is 7.04. The van der Waals surface area contributed by atoms with Gasteiger partial charge in [-0.1, -0.05) is 24.3 Å². The van der Waals surface area contributed by atoms with E-state index in [4.69, 9.17) is 0 Å². The van der Waals surface area contributed by atoms with Crippen molar-refractivity contribution in [2.45, 2.75) is 0 Å². The van der Waals surface area contributed by atoms with Crippen molar-refractivity contribution in [3.05, 3.63) is 69.1 Å². The van der Waals surface area contributed by atoms with Crippen molar-refractivity contribution >= 4 is 34.2 Å². The lowest BCUT2D eigenvalue weighted by atomic mass is 10.2. The summed E-state index contributed by atoms with van der Waals surface area (Å²) in [6, 6.07) is 7.22. The van der Waals surface area contributed by atoms with Gasteiger partial charge in [0.05, 0.1) is 9.75 Å². The van der Waals surface area contributed by atoms with Crippen LogP contribution in [0.25, 0.3) is 0 Å². The lowest BCUT2D eigenvalue weighted by molar-refractivity contribution is 0.104. The van der Waals surface area contributed by atoms with E-state index in [9.17, 15) is 9.59 Å². The highest BCUT2D eigenvalue weighted by atomic mass is 32.1. The predicted molar refractivity (Wildman–Crippen MR) is 75.6 cm³/mol. The molecule has 0 fully saturated rings. The van der Waals surface area contributed by atoms with Crippen LogP contribution in [0.2, 0.25) is 0 Å². The van der Waals surface area contributed by atoms with Crippen molar-refractivity contribution in [1.82, 2.24) is 0 Å². The Kier molecular flexibility index (Phi) is 4.39. The lowest BCUT2D eigenvalue weighted by Crippen LogP contribution is -1.89. The molecule has 4 heteroatoms. The van der Waals surface area contributed by atoms with Gasteiger partial charge in [-0.25, -0.2) is 0 Å². The quantitative estimate of drug-likeness (QED) is 0.469. The van der Waals surface area contributed by atoms with Gasteiger partial charge >= 0.3 is 0 Å². The van der Waals surface area contributed by atoms with Gasteiger partial charge < -0.3 is 0 Å². The second-order valence-electron chi connectivity index (χ2n) is 3.40. The van der Waals surface area contributed by atoms with Gasteiger partial charge in [0.1, 0.15) is 0 Å². The van der Waals surface area contributed by atoms with Crippen LogP contribution in [-0.2, 0) is 0 Å². The fourth-order valence-electron chi connectivity index (χ4n) is 1.29. The summed E-state index contributed by atoms with van der Waals surface area (Å²) in [4.78, 5) is 24.6. The highest BCUT2D eigenvalue weighted by molar-refractivity contribution is 7.12. The predicted octanol–water partition coefficient (Wildman–Crippen LogP) is 3.99. The molecule has 2 aromatic rings. The van der Waals surface area contributed by atoms with Crippen molar-refractivity contribution in [3.8, 4) is 0 Å². The van der Waals surface area contributed by atoms with Gasteiger partial charge in [-0.3, -0.25) is 9.59 Å². The highest BCUT2D eigenvalue weighted by Gasteiger charge is 2.01. The molecular weight excluding hydrogens is 264 g/mol. The maximum atomic E-state index is 11.6. The van der Waals surface area contributed by atoms with E-state index in [0.717, 1.165) is 0 Å². The topological polar surface area (TPSA) is 34.1 Å². The van der Waals surface area contributed by atoms with Crippen molar-refractivity contribution in [2.24, 2.45) is 0 Å². The van der Waals surface area contributed by atoms with E-state index >= 15 is 0 Å². The van der Waals surface area contributed by atoms with Gasteiger partial charge in [-0.2, -0.15) is 0 Å². The zero-order chi connectivity index (χ0) is 12.8. The summed E-state index contributed by atoms with van der Waals surface area (Å²) in [5.74, 6) is -0.0866. The van der Waals surface area contributed by atoms with Gasteiger partial charge in [0, 0.05) is 0 Å². The molecule has 2 rings (SSSR count). The fourth-order valence-corrected chi connectivity index (χ4v) is 2.58. The minimum absolute atomic E-state index is 0.0433. The molecule has 0 saturated carbocycles. The molecule has 0 aliphatic rings. The summed E-state index contributed by atoms with van der Waals surface area (Å²) in [5.41, 5.74) is 0. The second-order valence-corrected chi connectivity index (χ2v) is 5.30. The number of carbonyl (C=O) groups excluding carboxylic acids is 2. The largest absolute Gasteiger partial charge is 0.288 e. The van der Waals surface area contributed by atoms with E-state index in [1.165, 1.54) is 34.8 Å². The third-order valence-corrected chi connectivity index (χ3v) is 3.90. The van der Waals surface area contributed by atoms with E-state index in [2.05, 4.69) is 0 Å². The minimum atomic E-state index is -0.0433. The first-order chi connectivity index (χ1) is 8.77. The summed E-state index contributed by atoms with van der Waals surface area (Å²) in [5, 5.41) is 3.72. The number of allylic oxidation sites excluding steroid dienone is 4. The molecule has 18 heavy (non-hydrogen) atoms. The zero-order valence-electron chi connectivity index (χ0n) is 9.41. The van der Waals surface area contributed by atoms with Crippen LogP contribution in [0, 0.1) is 0 Å². The number of thiophene rings is 2. The van der Waals surface area contributed by atoms with Gasteiger partial charge in [0.15, 0.2) is 11.6 Å². The summed E-state index contributed by atoms with van der Waals surface area (Å²) < 4.78 is 0. The Morgan fingerprint density at radius 3 is 1.61 bits per heavy atom. The van der Waals surface area contributed by atoms with Crippen LogP contribution in [0.5, 0.6) is 0 Å². The highest BCUT2D eigenvalue weighted by Crippen LogP contribution is 2.11. The van der Waals surface area contributed by atoms with Crippen molar-refractivity contribution in [2.75, 3.05) is 0 Å². The molecule has 0 atom stereocenters. The molecule has 2 nitrogen and oxygen atoms in total.